The van der Waals surface area contributed by atoms with Gasteiger partial charge >= 0.3 is 75.6 Å². The van der Waals surface area contributed by atoms with Crippen LogP contribution >= 0.6 is 0 Å². The number of para-hydroxylation sites is 2. The van der Waals surface area contributed by atoms with Crippen LogP contribution in [0.5, 0.6) is 0 Å². The molecule has 0 atom stereocenters. The van der Waals surface area contributed by atoms with Crippen molar-refractivity contribution in [3.63, 3.8) is 0 Å². The van der Waals surface area contributed by atoms with E-state index in [-0.39, 0.29) is 0 Å². The van der Waals surface area contributed by atoms with Gasteiger partial charge in [0.2, 0.25) is 0 Å². The number of aromatic amines is 1. The zero-order valence-electron chi connectivity index (χ0n) is 18.0. The van der Waals surface area contributed by atoms with Gasteiger partial charge in [0.1, 0.15) is 5.69 Å². The van der Waals surface area contributed by atoms with E-state index in [1.807, 2.05) is 30.3 Å². The van der Waals surface area contributed by atoms with Crippen LogP contribution in [-0.4, -0.2) is 20.7 Å². The first-order valence-corrected chi connectivity index (χ1v) is 10.9. The van der Waals surface area contributed by atoms with Crippen molar-refractivity contribution in [1.82, 2.24) is 15.0 Å². The Morgan fingerprint density at radius 3 is 2.42 bits per heavy atom. The Morgan fingerprint density at radius 1 is 0.968 bits per heavy atom. The minimum atomic E-state index is 0.643. The molecule has 2 aromatic carbocycles. The molecule has 3 N–H and O–H groups in total. The number of fused-ring (bicyclic) bond motifs is 2. The molecule has 0 amide bonds. The van der Waals surface area contributed by atoms with Crippen molar-refractivity contribution in [3.05, 3.63) is 76.5 Å². The molecule has 31 heavy (non-hydrogen) atoms. The number of benzene rings is 2. The summed E-state index contributed by atoms with van der Waals surface area (Å²) < 4.78 is 2.88. The number of rotatable bonds is 2. The Labute approximate surface area is 191 Å². The summed E-state index contributed by atoms with van der Waals surface area (Å²) >= 11 is 4.08. The number of anilines is 1. The number of pyridine rings is 1. The van der Waals surface area contributed by atoms with Gasteiger partial charge in [-0.25, -0.2) is 9.97 Å². The van der Waals surface area contributed by atoms with Gasteiger partial charge in [-0.05, 0) is 43.0 Å². The van der Waals surface area contributed by atoms with Crippen molar-refractivity contribution < 1.29 is 16.0 Å². The average Bonchev–Trinajstić information content (AvgIpc) is 3.18. The summed E-state index contributed by atoms with van der Waals surface area (Å²) in [6, 6.07) is 16.3. The molecule has 5 rings (SSSR count). The number of aromatic nitrogens is 3. The van der Waals surface area contributed by atoms with Crippen LogP contribution in [0.25, 0.3) is 22.6 Å². The fourth-order valence-corrected chi connectivity index (χ4v) is 4.45. The summed E-state index contributed by atoms with van der Waals surface area (Å²) in [5.74, 6) is 0.771. The van der Waals surface area contributed by atoms with Gasteiger partial charge in [-0.3, -0.25) is 0 Å². The second-order valence-corrected chi connectivity index (χ2v) is 8.26. The van der Waals surface area contributed by atoms with E-state index in [9.17, 15) is 0 Å². The minimum Gasteiger partial charge on any atom is -0.337 e. The first-order chi connectivity index (χ1) is 15.0. The maximum Gasteiger partial charge on any atom is 0.157 e. The molecule has 1 aliphatic carbocycles. The SMILES string of the molecule is Cc1cc(C)c([NH][Co])c(C)c1.N=C1CCCc2ccc(-c3nc4ccccc4[nH]3)nc21. The summed E-state index contributed by atoms with van der Waals surface area (Å²) in [5, 5.41) is 8.04. The van der Waals surface area contributed by atoms with E-state index in [4.69, 9.17) is 5.41 Å². The van der Waals surface area contributed by atoms with Crippen LogP contribution < -0.4 is 4.37 Å². The summed E-state index contributed by atoms with van der Waals surface area (Å²) in [7, 11) is 0. The summed E-state index contributed by atoms with van der Waals surface area (Å²) in [6.45, 7) is 6.26. The normalized spacial score (nSPS) is 12.9. The van der Waals surface area contributed by atoms with Crippen molar-refractivity contribution in [1.29, 1.82) is 5.41 Å². The van der Waals surface area contributed by atoms with E-state index in [1.54, 1.807) is 0 Å². The van der Waals surface area contributed by atoms with Gasteiger partial charge < -0.3 is 10.4 Å². The van der Waals surface area contributed by atoms with Gasteiger partial charge in [-0.1, -0.05) is 18.2 Å². The molecule has 0 spiro atoms. The molecule has 0 radical (unpaired) electrons. The second-order valence-electron chi connectivity index (χ2n) is 8.00. The van der Waals surface area contributed by atoms with E-state index < -0.39 is 0 Å². The third-order valence-corrected chi connectivity index (χ3v) is 5.79. The van der Waals surface area contributed by atoms with E-state index >= 15 is 0 Å². The number of hydrogen-bond donors (Lipinski definition) is 3. The minimum absolute atomic E-state index is 0.643. The molecule has 4 aromatic rings. The molecule has 0 bridgehead atoms. The van der Waals surface area contributed by atoms with Gasteiger partial charge in [0, 0.05) is 0 Å². The molecule has 0 unspecified atom stereocenters. The Hall–Kier alpha value is -2.96. The third-order valence-electron chi connectivity index (χ3n) is 5.53. The quantitative estimate of drug-likeness (QED) is 0.357. The topological polar surface area (TPSA) is 77.5 Å². The van der Waals surface area contributed by atoms with Crippen molar-refractivity contribution in [2.75, 3.05) is 4.37 Å². The molecule has 5 nitrogen and oxygen atoms in total. The first-order valence-electron chi connectivity index (χ1n) is 10.4. The molecule has 0 saturated carbocycles. The van der Waals surface area contributed by atoms with Crippen LogP contribution in [0.4, 0.5) is 5.69 Å². The van der Waals surface area contributed by atoms with Crippen LogP contribution in [0.1, 0.15) is 40.8 Å². The molecular formula is C25H26CoN5. The van der Waals surface area contributed by atoms with Crippen LogP contribution in [-0.2, 0) is 22.4 Å². The molecule has 0 saturated heterocycles. The third kappa shape index (κ3) is 4.55. The van der Waals surface area contributed by atoms with Crippen molar-refractivity contribution in [2.24, 2.45) is 0 Å². The predicted octanol–water partition coefficient (Wildman–Crippen LogP) is 5.81. The maximum absolute atomic E-state index is 8.04. The average molecular weight is 455 g/mol. The van der Waals surface area contributed by atoms with Gasteiger partial charge in [0.05, 0.1) is 22.4 Å². The fourth-order valence-electron chi connectivity index (χ4n) is 4.04. The Morgan fingerprint density at radius 2 is 1.71 bits per heavy atom. The van der Waals surface area contributed by atoms with E-state index in [1.165, 1.54) is 22.3 Å². The monoisotopic (exact) mass is 455 g/mol. The van der Waals surface area contributed by atoms with Crippen molar-refractivity contribution in [3.8, 4) is 11.5 Å². The zero-order valence-corrected chi connectivity index (χ0v) is 19.0. The number of imidazole rings is 1. The Balaban J connectivity index is 0.000000180. The Kier molecular flexibility index (Phi) is 6.20. The van der Waals surface area contributed by atoms with Gasteiger partial charge in [0.15, 0.2) is 5.82 Å². The molecular weight excluding hydrogens is 429 g/mol. The van der Waals surface area contributed by atoms with Crippen LogP contribution in [0, 0.1) is 26.2 Å². The van der Waals surface area contributed by atoms with E-state index in [0.717, 1.165) is 53.2 Å². The van der Waals surface area contributed by atoms with Gasteiger partial charge in [-0.2, -0.15) is 0 Å². The summed E-state index contributed by atoms with van der Waals surface area (Å²) in [6.07, 6.45) is 2.90. The summed E-state index contributed by atoms with van der Waals surface area (Å²) in [5.41, 5.74) is 10.3. The molecule has 6 heteroatoms. The molecule has 0 aliphatic heterocycles. The molecule has 2 aromatic heterocycles. The van der Waals surface area contributed by atoms with E-state index in [0.29, 0.717) is 5.71 Å². The molecule has 0 fully saturated rings. The van der Waals surface area contributed by atoms with Crippen molar-refractivity contribution in [2.45, 2.75) is 40.0 Å². The number of hydrogen-bond acceptors (Lipinski definition) is 4. The van der Waals surface area contributed by atoms with E-state index in [2.05, 4.69) is 74.2 Å². The second kappa shape index (κ2) is 9.04. The van der Waals surface area contributed by atoms with Crippen LogP contribution in [0.2, 0.25) is 0 Å². The number of H-pyrrole nitrogens is 1. The smallest absolute Gasteiger partial charge is 0.157 e. The molecule has 1 aliphatic rings. The van der Waals surface area contributed by atoms with Gasteiger partial charge in [-0.15, -0.1) is 0 Å². The van der Waals surface area contributed by atoms with Crippen molar-refractivity contribution >= 4 is 22.4 Å². The zero-order chi connectivity index (χ0) is 22.0. The van der Waals surface area contributed by atoms with Gasteiger partial charge in [0.25, 0.3) is 0 Å². The first kappa shape index (κ1) is 21.3. The number of aryl methyl sites for hydroxylation is 4. The fraction of sp³-hybridized carbons (Fsp3) is 0.240. The van der Waals surface area contributed by atoms with Crippen LogP contribution in [0.15, 0.2) is 48.5 Å². The maximum atomic E-state index is 8.04. The number of nitrogens with zero attached hydrogens (tertiary/aromatic N) is 2. The predicted molar refractivity (Wildman–Crippen MR) is 123 cm³/mol. The Bertz CT molecular complexity index is 1200. The number of nitrogens with one attached hydrogen (secondary N) is 3. The standard InChI is InChI=1S/C16H14N4.C9H12N.Co/c17-11-5-3-4-10-8-9-14(18-15(10)11)16-19-12-6-1-2-7-13(12)20-16;1-6-4-7(2)9(10)8(3)5-6;/h1-2,6-9,17H,3-5H2,(H,19,20);4-5,10H,1-3H3;/q;-1;+1. The molecule has 160 valence electrons. The summed E-state index contributed by atoms with van der Waals surface area (Å²) in [4.78, 5) is 12.5. The van der Waals surface area contributed by atoms with Crippen LogP contribution in [0.3, 0.4) is 0 Å². The molecule has 2 heterocycles. The largest absolute Gasteiger partial charge is 0.337 e.